The highest BCUT2D eigenvalue weighted by molar-refractivity contribution is 5.22. The molecule has 0 aromatic heterocycles. The van der Waals surface area contributed by atoms with E-state index in [0.29, 0.717) is 0 Å². The van der Waals surface area contributed by atoms with Crippen molar-refractivity contribution in [2.75, 3.05) is 14.1 Å². The molecule has 0 aliphatic rings. The minimum absolute atomic E-state index is 0.0569. The van der Waals surface area contributed by atoms with Gasteiger partial charge in [-0.05, 0) is 32.5 Å². The van der Waals surface area contributed by atoms with Crippen molar-refractivity contribution in [3.8, 4) is 0 Å². The Bertz CT molecular complexity index is 302. The number of hydrogen-bond acceptors (Lipinski definition) is 2. The molecule has 0 unspecified atom stereocenters. The average Bonchev–Trinajstić information content (AvgIpc) is 2.32. The second kappa shape index (κ2) is 5.46. The van der Waals surface area contributed by atoms with E-state index in [-0.39, 0.29) is 11.6 Å². The van der Waals surface area contributed by atoms with E-state index >= 15 is 0 Å². The Morgan fingerprint density at radius 2 is 1.62 bits per heavy atom. The first kappa shape index (κ1) is 13.2. The van der Waals surface area contributed by atoms with E-state index in [0.717, 1.165) is 12.8 Å². The maximum atomic E-state index is 6.45. The number of benzene rings is 1. The summed E-state index contributed by atoms with van der Waals surface area (Å²) in [6.45, 7) is 4.43. The van der Waals surface area contributed by atoms with Gasteiger partial charge < -0.3 is 10.6 Å². The maximum absolute atomic E-state index is 6.45. The molecule has 0 aliphatic carbocycles. The van der Waals surface area contributed by atoms with Crippen LogP contribution in [0.15, 0.2) is 30.3 Å². The molecule has 0 saturated heterocycles. The summed E-state index contributed by atoms with van der Waals surface area (Å²) in [5.41, 5.74) is 7.73. The van der Waals surface area contributed by atoms with Crippen LogP contribution in [0, 0.1) is 0 Å². The van der Waals surface area contributed by atoms with E-state index in [1.54, 1.807) is 0 Å². The standard InChI is InChI=1S/C14H24N2/c1-5-14(6-2,16(3)4)13(15)12-10-8-7-9-11-12/h7-11,13H,5-6,15H2,1-4H3/t13-/m0/s1. The second-order valence-electron chi connectivity index (χ2n) is 4.59. The summed E-state index contributed by atoms with van der Waals surface area (Å²) >= 11 is 0. The van der Waals surface area contributed by atoms with E-state index in [2.05, 4.69) is 57.1 Å². The SMILES string of the molecule is CCC(CC)([C@@H](N)c1ccccc1)N(C)C. The van der Waals surface area contributed by atoms with Crippen LogP contribution in [-0.4, -0.2) is 24.5 Å². The Morgan fingerprint density at radius 1 is 1.12 bits per heavy atom. The predicted octanol–water partition coefficient (Wildman–Crippen LogP) is 2.81. The molecule has 0 radical (unpaired) electrons. The molecule has 2 N–H and O–H groups in total. The van der Waals surface area contributed by atoms with Crippen molar-refractivity contribution in [3.63, 3.8) is 0 Å². The summed E-state index contributed by atoms with van der Waals surface area (Å²) in [7, 11) is 4.24. The molecule has 2 nitrogen and oxygen atoms in total. The number of rotatable bonds is 5. The minimum atomic E-state index is 0.0569. The van der Waals surface area contributed by atoms with Crippen molar-refractivity contribution in [3.05, 3.63) is 35.9 Å². The van der Waals surface area contributed by atoms with Crippen LogP contribution in [0.3, 0.4) is 0 Å². The summed E-state index contributed by atoms with van der Waals surface area (Å²) < 4.78 is 0. The van der Waals surface area contributed by atoms with Crippen molar-refractivity contribution >= 4 is 0 Å². The fourth-order valence-electron chi connectivity index (χ4n) is 2.57. The van der Waals surface area contributed by atoms with Gasteiger partial charge in [-0.2, -0.15) is 0 Å². The molecular weight excluding hydrogens is 196 g/mol. The molecule has 1 aromatic rings. The molecular formula is C14H24N2. The quantitative estimate of drug-likeness (QED) is 0.826. The van der Waals surface area contributed by atoms with Gasteiger partial charge in [0, 0.05) is 11.6 Å². The lowest BCUT2D eigenvalue weighted by atomic mass is 9.80. The lowest BCUT2D eigenvalue weighted by molar-refractivity contribution is 0.106. The highest BCUT2D eigenvalue weighted by Crippen LogP contribution is 2.33. The van der Waals surface area contributed by atoms with E-state index in [4.69, 9.17) is 5.73 Å². The van der Waals surface area contributed by atoms with E-state index in [9.17, 15) is 0 Å². The highest BCUT2D eigenvalue weighted by Gasteiger charge is 2.36. The zero-order valence-electron chi connectivity index (χ0n) is 10.9. The lowest BCUT2D eigenvalue weighted by Gasteiger charge is -2.43. The molecule has 2 heteroatoms. The van der Waals surface area contributed by atoms with Crippen LogP contribution >= 0.6 is 0 Å². The summed E-state index contributed by atoms with van der Waals surface area (Å²) in [4.78, 5) is 2.27. The smallest absolute Gasteiger partial charge is 0.0481 e. The summed E-state index contributed by atoms with van der Waals surface area (Å²) in [5.74, 6) is 0. The van der Waals surface area contributed by atoms with Gasteiger partial charge in [0.1, 0.15) is 0 Å². The largest absolute Gasteiger partial charge is 0.322 e. The zero-order valence-corrected chi connectivity index (χ0v) is 10.9. The van der Waals surface area contributed by atoms with Gasteiger partial charge in [0.25, 0.3) is 0 Å². The summed E-state index contributed by atoms with van der Waals surface area (Å²) in [5, 5.41) is 0. The van der Waals surface area contributed by atoms with Crippen LogP contribution in [0.25, 0.3) is 0 Å². The summed E-state index contributed by atoms with van der Waals surface area (Å²) in [6.07, 6.45) is 2.12. The third-order valence-electron chi connectivity index (χ3n) is 3.85. The predicted molar refractivity (Wildman–Crippen MR) is 70.4 cm³/mol. The first-order valence-corrected chi connectivity index (χ1v) is 6.06. The fourth-order valence-corrected chi connectivity index (χ4v) is 2.57. The molecule has 0 amide bonds. The highest BCUT2D eigenvalue weighted by atomic mass is 15.2. The van der Waals surface area contributed by atoms with Crippen LogP contribution < -0.4 is 5.73 Å². The molecule has 0 saturated carbocycles. The Morgan fingerprint density at radius 3 is 2.00 bits per heavy atom. The average molecular weight is 220 g/mol. The van der Waals surface area contributed by atoms with Gasteiger partial charge in [0.05, 0.1) is 0 Å². The third-order valence-corrected chi connectivity index (χ3v) is 3.85. The Labute approximate surface area is 99.5 Å². The molecule has 90 valence electrons. The third kappa shape index (κ3) is 2.28. The van der Waals surface area contributed by atoms with Crippen LogP contribution in [0.5, 0.6) is 0 Å². The van der Waals surface area contributed by atoms with Crippen LogP contribution in [0.2, 0.25) is 0 Å². The monoisotopic (exact) mass is 220 g/mol. The first-order valence-electron chi connectivity index (χ1n) is 6.06. The molecule has 0 aliphatic heterocycles. The van der Waals surface area contributed by atoms with Crippen molar-refractivity contribution in [2.45, 2.75) is 38.3 Å². The lowest BCUT2D eigenvalue weighted by Crippen LogP contribution is -2.51. The van der Waals surface area contributed by atoms with E-state index in [1.165, 1.54) is 5.56 Å². The van der Waals surface area contributed by atoms with Gasteiger partial charge in [-0.3, -0.25) is 0 Å². The molecule has 0 fully saturated rings. The van der Waals surface area contributed by atoms with Crippen molar-refractivity contribution in [1.29, 1.82) is 0 Å². The maximum Gasteiger partial charge on any atom is 0.0481 e. The first-order chi connectivity index (χ1) is 7.58. The Hall–Kier alpha value is -0.860. The molecule has 16 heavy (non-hydrogen) atoms. The number of nitrogens with two attached hydrogens (primary N) is 1. The van der Waals surface area contributed by atoms with E-state index < -0.39 is 0 Å². The minimum Gasteiger partial charge on any atom is -0.322 e. The molecule has 1 atom stereocenters. The topological polar surface area (TPSA) is 29.3 Å². The van der Waals surface area contributed by atoms with Gasteiger partial charge in [-0.15, -0.1) is 0 Å². The molecule has 1 rings (SSSR count). The van der Waals surface area contributed by atoms with E-state index in [1.807, 2.05) is 6.07 Å². The normalized spacial score (nSPS) is 14.1. The van der Waals surface area contributed by atoms with Gasteiger partial charge in [0.2, 0.25) is 0 Å². The molecule has 1 aromatic carbocycles. The fraction of sp³-hybridized carbons (Fsp3) is 0.571. The van der Waals surface area contributed by atoms with Gasteiger partial charge >= 0.3 is 0 Å². The number of hydrogen-bond donors (Lipinski definition) is 1. The van der Waals surface area contributed by atoms with Crippen LogP contribution in [-0.2, 0) is 0 Å². The number of likely N-dealkylation sites (N-methyl/N-ethyl adjacent to an activating group) is 1. The van der Waals surface area contributed by atoms with Gasteiger partial charge in [-0.1, -0.05) is 44.2 Å². The Balaban J connectivity index is 3.05. The summed E-state index contributed by atoms with van der Waals surface area (Å²) in [6, 6.07) is 10.5. The molecule has 0 heterocycles. The van der Waals surface area contributed by atoms with Gasteiger partial charge in [-0.25, -0.2) is 0 Å². The number of nitrogens with zero attached hydrogens (tertiary/aromatic N) is 1. The van der Waals surface area contributed by atoms with Crippen molar-refractivity contribution < 1.29 is 0 Å². The molecule has 0 spiro atoms. The zero-order chi connectivity index (χ0) is 12.2. The van der Waals surface area contributed by atoms with Crippen LogP contribution in [0.4, 0.5) is 0 Å². The van der Waals surface area contributed by atoms with Crippen LogP contribution in [0.1, 0.15) is 38.3 Å². The van der Waals surface area contributed by atoms with Crippen molar-refractivity contribution in [2.24, 2.45) is 5.73 Å². The van der Waals surface area contributed by atoms with Crippen molar-refractivity contribution in [1.82, 2.24) is 4.90 Å². The Kier molecular flexibility index (Phi) is 4.51. The molecule has 0 bridgehead atoms. The second-order valence-corrected chi connectivity index (χ2v) is 4.59. The van der Waals surface area contributed by atoms with Gasteiger partial charge in [0.15, 0.2) is 0 Å².